The molecule has 0 bridgehead atoms. The molecular weight excluding hydrogens is 138 g/mol. The van der Waals surface area contributed by atoms with Crippen molar-refractivity contribution < 1.29 is 4.79 Å². The average molecular weight is 155 g/mol. The zero-order valence-corrected chi connectivity index (χ0v) is 7.68. The molecule has 0 fully saturated rings. The van der Waals surface area contributed by atoms with E-state index in [0.717, 1.165) is 18.6 Å². The fourth-order valence-electron chi connectivity index (χ4n) is 0.693. The van der Waals surface area contributed by atoms with E-state index in [1.165, 1.54) is 0 Å². The van der Waals surface area contributed by atoms with Crippen molar-refractivity contribution in [3.05, 3.63) is 0 Å². The minimum absolute atomic E-state index is 0.250. The lowest BCUT2D eigenvalue weighted by Gasteiger charge is -1.95. The first-order chi connectivity index (χ1) is 5.20. The Bertz CT molecular complexity index is 150. The lowest BCUT2D eigenvalue weighted by atomic mass is 10.2. The van der Waals surface area contributed by atoms with Gasteiger partial charge in [0.1, 0.15) is 0 Å². The summed E-state index contributed by atoms with van der Waals surface area (Å²) < 4.78 is 0. The van der Waals surface area contributed by atoms with Gasteiger partial charge in [-0.25, -0.2) is 0 Å². The third-order valence-corrected chi connectivity index (χ3v) is 1.57. The van der Waals surface area contributed by atoms with Crippen LogP contribution in [0.3, 0.4) is 0 Å². The third kappa shape index (κ3) is 5.77. The monoisotopic (exact) mass is 155 g/mol. The third-order valence-electron chi connectivity index (χ3n) is 1.57. The standard InChI is InChI=1S/C9H17NO/c1-4-6-9(11)7-10-8(3)5-2/h4-7H2,1-3H3. The van der Waals surface area contributed by atoms with E-state index in [1.54, 1.807) is 0 Å². The first-order valence-corrected chi connectivity index (χ1v) is 4.22. The molecule has 0 radical (unpaired) electrons. The fraction of sp³-hybridized carbons (Fsp3) is 0.778. The Morgan fingerprint density at radius 1 is 1.36 bits per heavy atom. The van der Waals surface area contributed by atoms with Gasteiger partial charge in [-0.2, -0.15) is 0 Å². The van der Waals surface area contributed by atoms with Crippen molar-refractivity contribution in [3.63, 3.8) is 0 Å². The van der Waals surface area contributed by atoms with Crippen LogP contribution in [-0.2, 0) is 4.79 Å². The first-order valence-electron chi connectivity index (χ1n) is 4.22. The van der Waals surface area contributed by atoms with Crippen LogP contribution in [0.1, 0.15) is 40.0 Å². The molecular formula is C9H17NO. The second-order valence-corrected chi connectivity index (χ2v) is 2.69. The summed E-state index contributed by atoms with van der Waals surface area (Å²) in [5.74, 6) is 0.250. The van der Waals surface area contributed by atoms with Gasteiger partial charge in [-0.15, -0.1) is 0 Å². The zero-order chi connectivity index (χ0) is 8.69. The number of Topliss-reactive ketones (excluding diaryl/α,β-unsaturated/α-hetero) is 1. The molecule has 0 unspecified atom stereocenters. The molecule has 0 aliphatic carbocycles. The molecule has 11 heavy (non-hydrogen) atoms. The number of hydrogen-bond acceptors (Lipinski definition) is 2. The molecule has 0 rings (SSSR count). The molecule has 0 aliphatic heterocycles. The van der Waals surface area contributed by atoms with Crippen LogP contribution in [0.5, 0.6) is 0 Å². The summed E-state index contributed by atoms with van der Waals surface area (Å²) in [6.45, 7) is 6.39. The van der Waals surface area contributed by atoms with Crippen LogP contribution in [0.15, 0.2) is 4.99 Å². The molecule has 2 heteroatoms. The Balaban J connectivity index is 3.60. The molecule has 0 aromatic carbocycles. The summed E-state index contributed by atoms with van der Waals surface area (Å²) >= 11 is 0. The van der Waals surface area contributed by atoms with Crippen molar-refractivity contribution in [2.24, 2.45) is 4.99 Å². The maximum absolute atomic E-state index is 11.0. The van der Waals surface area contributed by atoms with E-state index in [1.807, 2.05) is 20.8 Å². The van der Waals surface area contributed by atoms with Gasteiger partial charge < -0.3 is 0 Å². The summed E-state index contributed by atoms with van der Waals surface area (Å²) in [6.07, 6.45) is 2.54. The highest BCUT2D eigenvalue weighted by molar-refractivity contribution is 5.86. The number of hydrogen-bond donors (Lipinski definition) is 0. The van der Waals surface area contributed by atoms with Crippen LogP contribution in [0.2, 0.25) is 0 Å². The minimum Gasteiger partial charge on any atom is -0.298 e. The van der Waals surface area contributed by atoms with E-state index < -0.39 is 0 Å². The lowest BCUT2D eigenvalue weighted by molar-refractivity contribution is -0.117. The molecule has 0 aromatic rings. The number of carbonyl (C=O) groups excluding carboxylic acids is 1. The van der Waals surface area contributed by atoms with Gasteiger partial charge in [0, 0.05) is 12.1 Å². The SMILES string of the molecule is CCCC(=O)CN=C(C)CC. The van der Waals surface area contributed by atoms with Gasteiger partial charge in [0.15, 0.2) is 5.78 Å². The molecule has 0 aromatic heterocycles. The van der Waals surface area contributed by atoms with Gasteiger partial charge in [-0.3, -0.25) is 9.79 Å². The van der Waals surface area contributed by atoms with Crippen LogP contribution in [0.4, 0.5) is 0 Å². The summed E-state index contributed by atoms with van der Waals surface area (Å²) in [6, 6.07) is 0. The normalized spacial score (nSPS) is 11.7. The van der Waals surface area contributed by atoms with E-state index in [0.29, 0.717) is 13.0 Å². The van der Waals surface area contributed by atoms with E-state index >= 15 is 0 Å². The Labute approximate surface area is 68.7 Å². The highest BCUT2D eigenvalue weighted by Crippen LogP contribution is 1.91. The van der Waals surface area contributed by atoms with Crippen LogP contribution < -0.4 is 0 Å². The molecule has 0 spiro atoms. The van der Waals surface area contributed by atoms with Gasteiger partial charge >= 0.3 is 0 Å². The smallest absolute Gasteiger partial charge is 0.154 e. The second kappa shape index (κ2) is 6.08. The molecule has 0 N–H and O–H groups in total. The van der Waals surface area contributed by atoms with Crippen molar-refractivity contribution in [2.45, 2.75) is 40.0 Å². The van der Waals surface area contributed by atoms with Crippen molar-refractivity contribution in [1.29, 1.82) is 0 Å². The van der Waals surface area contributed by atoms with Gasteiger partial charge in [0.05, 0.1) is 6.54 Å². The number of carbonyl (C=O) groups is 1. The molecule has 0 aliphatic rings. The van der Waals surface area contributed by atoms with Crippen molar-refractivity contribution >= 4 is 11.5 Å². The zero-order valence-electron chi connectivity index (χ0n) is 7.68. The largest absolute Gasteiger partial charge is 0.298 e. The van der Waals surface area contributed by atoms with Crippen LogP contribution in [0.25, 0.3) is 0 Å². The van der Waals surface area contributed by atoms with E-state index in [2.05, 4.69) is 4.99 Å². The maximum Gasteiger partial charge on any atom is 0.154 e. The lowest BCUT2D eigenvalue weighted by Crippen LogP contribution is -2.03. The van der Waals surface area contributed by atoms with Gasteiger partial charge in [0.25, 0.3) is 0 Å². The topological polar surface area (TPSA) is 29.4 Å². The molecule has 2 nitrogen and oxygen atoms in total. The first kappa shape index (κ1) is 10.3. The number of aliphatic imine (C=N–C) groups is 1. The molecule has 0 saturated carbocycles. The second-order valence-electron chi connectivity index (χ2n) is 2.69. The highest BCUT2D eigenvalue weighted by atomic mass is 16.1. The van der Waals surface area contributed by atoms with Crippen molar-refractivity contribution in [2.75, 3.05) is 6.54 Å². The summed E-state index contributed by atoms with van der Waals surface area (Å²) in [4.78, 5) is 15.1. The van der Waals surface area contributed by atoms with Gasteiger partial charge in [-0.1, -0.05) is 13.8 Å². The predicted octanol–water partition coefficient (Wildman–Crippen LogP) is 2.23. The van der Waals surface area contributed by atoms with E-state index in [9.17, 15) is 4.79 Å². The Morgan fingerprint density at radius 3 is 2.45 bits per heavy atom. The Morgan fingerprint density at radius 2 is 2.00 bits per heavy atom. The Kier molecular flexibility index (Phi) is 5.71. The molecule has 0 saturated heterocycles. The quantitative estimate of drug-likeness (QED) is 0.560. The maximum atomic E-state index is 11.0. The summed E-state index contributed by atoms with van der Waals surface area (Å²) in [7, 11) is 0. The molecule has 64 valence electrons. The number of ketones is 1. The molecule has 0 atom stereocenters. The molecule has 0 heterocycles. The van der Waals surface area contributed by atoms with Crippen LogP contribution in [-0.4, -0.2) is 18.0 Å². The van der Waals surface area contributed by atoms with Crippen molar-refractivity contribution in [1.82, 2.24) is 0 Å². The van der Waals surface area contributed by atoms with Crippen LogP contribution >= 0.6 is 0 Å². The van der Waals surface area contributed by atoms with Crippen LogP contribution in [0, 0.1) is 0 Å². The summed E-state index contributed by atoms with van der Waals surface area (Å²) in [5.41, 5.74) is 1.06. The van der Waals surface area contributed by atoms with E-state index in [-0.39, 0.29) is 5.78 Å². The minimum atomic E-state index is 0.250. The predicted molar refractivity (Wildman–Crippen MR) is 48.2 cm³/mol. The highest BCUT2D eigenvalue weighted by Gasteiger charge is 1.96. The fourth-order valence-corrected chi connectivity index (χ4v) is 0.693. The number of nitrogens with zero attached hydrogens (tertiary/aromatic N) is 1. The Hall–Kier alpha value is -0.660. The number of rotatable bonds is 5. The average Bonchev–Trinajstić information content (AvgIpc) is 2.01. The van der Waals surface area contributed by atoms with Gasteiger partial charge in [-0.05, 0) is 19.8 Å². The van der Waals surface area contributed by atoms with Gasteiger partial charge in [0.2, 0.25) is 0 Å². The summed E-state index contributed by atoms with van der Waals surface area (Å²) in [5, 5.41) is 0. The van der Waals surface area contributed by atoms with Crippen molar-refractivity contribution in [3.8, 4) is 0 Å². The molecule has 0 amide bonds. The van der Waals surface area contributed by atoms with E-state index in [4.69, 9.17) is 0 Å².